The Bertz CT molecular complexity index is 506. The van der Waals surface area contributed by atoms with Gasteiger partial charge in [-0.1, -0.05) is 18.2 Å². The first kappa shape index (κ1) is 11.8. The summed E-state index contributed by atoms with van der Waals surface area (Å²) < 4.78 is 6.16. The molecule has 1 aromatic carbocycles. The van der Waals surface area contributed by atoms with Crippen LogP contribution >= 0.6 is 0 Å². The van der Waals surface area contributed by atoms with Crippen molar-refractivity contribution in [1.82, 2.24) is 5.32 Å². The molecule has 1 aromatic rings. The molecule has 1 aliphatic heterocycles. The van der Waals surface area contributed by atoms with Gasteiger partial charge in [0.05, 0.1) is 0 Å². The van der Waals surface area contributed by atoms with Crippen LogP contribution in [0.15, 0.2) is 24.3 Å². The Kier molecular flexibility index (Phi) is 2.33. The van der Waals surface area contributed by atoms with E-state index in [1.807, 2.05) is 0 Å². The number of hydrogen-bond acceptors (Lipinski definition) is 2. The maximum Gasteiger partial charge on any atom is 0.123 e. The molecule has 0 radical (unpaired) electrons. The monoisotopic (exact) mass is 257 g/mol. The normalized spacial score (nSPS) is 34.7. The highest BCUT2D eigenvalue weighted by molar-refractivity contribution is 5.47. The summed E-state index contributed by atoms with van der Waals surface area (Å²) in [5.41, 5.74) is 1.82. The molecule has 2 aliphatic carbocycles. The second-order valence-corrected chi connectivity index (χ2v) is 7.27. The van der Waals surface area contributed by atoms with Crippen molar-refractivity contribution >= 4 is 0 Å². The van der Waals surface area contributed by atoms with Crippen molar-refractivity contribution in [1.29, 1.82) is 0 Å². The summed E-state index contributed by atoms with van der Waals surface area (Å²) in [7, 11) is 0. The minimum Gasteiger partial charge on any atom is -0.488 e. The van der Waals surface area contributed by atoms with Gasteiger partial charge < -0.3 is 10.1 Å². The van der Waals surface area contributed by atoms with Crippen LogP contribution in [0.4, 0.5) is 0 Å². The Balaban J connectivity index is 1.61. The van der Waals surface area contributed by atoms with Gasteiger partial charge in [-0.15, -0.1) is 0 Å². The maximum atomic E-state index is 6.16. The third kappa shape index (κ3) is 1.97. The van der Waals surface area contributed by atoms with Crippen molar-refractivity contribution < 1.29 is 4.74 Å². The molecule has 2 saturated carbocycles. The van der Waals surface area contributed by atoms with E-state index < -0.39 is 0 Å². The highest BCUT2D eigenvalue weighted by atomic mass is 16.5. The Morgan fingerprint density at radius 1 is 1.26 bits per heavy atom. The first-order chi connectivity index (χ1) is 9.09. The van der Waals surface area contributed by atoms with Gasteiger partial charge in [-0.3, -0.25) is 0 Å². The summed E-state index contributed by atoms with van der Waals surface area (Å²) >= 11 is 0. The van der Waals surface area contributed by atoms with Gasteiger partial charge >= 0.3 is 0 Å². The van der Waals surface area contributed by atoms with Crippen molar-refractivity contribution in [2.45, 2.75) is 56.6 Å². The van der Waals surface area contributed by atoms with Gasteiger partial charge in [0.1, 0.15) is 11.4 Å². The molecule has 0 saturated heterocycles. The van der Waals surface area contributed by atoms with Crippen LogP contribution in [0.25, 0.3) is 0 Å². The van der Waals surface area contributed by atoms with Crippen LogP contribution < -0.4 is 10.1 Å². The van der Waals surface area contributed by atoms with Crippen molar-refractivity contribution in [3.63, 3.8) is 0 Å². The van der Waals surface area contributed by atoms with E-state index in [2.05, 4.69) is 43.4 Å². The van der Waals surface area contributed by atoms with Gasteiger partial charge in [-0.2, -0.15) is 0 Å². The smallest absolute Gasteiger partial charge is 0.123 e. The molecule has 2 fully saturated rings. The summed E-state index contributed by atoms with van der Waals surface area (Å²) in [5.74, 6) is 1.92. The van der Waals surface area contributed by atoms with Gasteiger partial charge in [0.2, 0.25) is 0 Å². The van der Waals surface area contributed by atoms with Crippen LogP contribution in [-0.4, -0.2) is 18.2 Å². The van der Waals surface area contributed by atoms with E-state index >= 15 is 0 Å². The lowest BCUT2D eigenvalue weighted by Crippen LogP contribution is -2.39. The van der Waals surface area contributed by atoms with Crippen LogP contribution in [0, 0.1) is 5.92 Å². The van der Waals surface area contributed by atoms with E-state index in [0.717, 1.165) is 24.1 Å². The summed E-state index contributed by atoms with van der Waals surface area (Å²) in [6.07, 6.45) is 5.25. The standard InChI is InChI=1S/C17H23NO/c1-16(2)11-17(9-12(17)10-18-13-7-8-13)14-5-3-4-6-15(14)19-16/h3-6,12-13,18H,7-11H2,1-2H3. The predicted octanol–water partition coefficient (Wildman–Crippen LogP) is 3.26. The number of fused-ring (bicyclic) bond motifs is 2. The number of hydrogen-bond donors (Lipinski definition) is 1. The van der Waals surface area contributed by atoms with Crippen molar-refractivity contribution in [2.24, 2.45) is 5.92 Å². The molecule has 1 spiro atoms. The predicted molar refractivity (Wildman–Crippen MR) is 76.6 cm³/mol. The average Bonchev–Trinajstić information content (AvgIpc) is 3.23. The van der Waals surface area contributed by atoms with E-state index in [4.69, 9.17) is 4.74 Å². The fraction of sp³-hybridized carbons (Fsp3) is 0.647. The van der Waals surface area contributed by atoms with Gasteiger partial charge in [0.15, 0.2) is 0 Å². The lowest BCUT2D eigenvalue weighted by Gasteiger charge is -2.39. The van der Waals surface area contributed by atoms with Gasteiger partial charge in [0, 0.05) is 17.0 Å². The quantitative estimate of drug-likeness (QED) is 0.897. The van der Waals surface area contributed by atoms with Crippen molar-refractivity contribution in [2.75, 3.05) is 6.54 Å². The van der Waals surface area contributed by atoms with E-state index in [1.54, 1.807) is 0 Å². The highest BCUT2D eigenvalue weighted by Gasteiger charge is 2.60. The molecule has 0 amide bonds. The molecule has 2 unspecified atom stereocenters. The van der Waals surface area contributed by atoms with Gasteiger partial charge in [-0.25, -0.2) is 0 Å². The lowest BCUT2D eigenvalue weighted by atomic mass is 9.80. The first-order valence-corrected chi connectivity index (χ1v) is 7.61. The third-order valence-corrected chi connectivity index (χ3v) is 5.01. The van der Waals surface area contributed by atoms with E-state index in [0.29, 0.717) is 5.41 Å². The number of nitrogens with one attached hydrogen (secondary N) is 1. The van der Waals surface area contributed by atoms with Crippen molar-refractivity contribution in [3.05, 3.63) is 29.8 Å². The van der Waals surface area contributed by atoms with Gasteiger partial charge in [0.25, 0.3) is 0 Å². The Morgan fingerprint density at radius 2 is 2.05 bits per heavy atom. The molecular formula is C17H23NO. The summed E-state index contributed by atoms with van der Waals surface area (Å²) in [6.45, 7) is 5.65. The van der Waals surface area contributed by atoms with E-state index in [9.17, 15) is 0 Å². The SMILES string of the molecule is CC1(C)CC2(CC2CNC2CC2)c2ccccc2O1. The van der Waals surface area contributed by atoms with Crippen LogP contribution in [0.3, 0.4) is 0 Å². The molecular weight excluding hydrogens is 234 g/mol. The third-order valence-electron chi connectivity index (χ3n) is 5.01. The molecule has 2 atom stereocenters. The summed E-state index contributed by atoms with van der Waals surface area (Å²) in [5, 5.41) is 3.71. The average molecular weight is 257 g/mol. The summed E-state index contributed by atoms with van der Waals surface area (Å²) in [6, 6.07) is 9.49. The molecule has 2 nitrogen and oxygen atoms in total. The maximum absolute atomic E-state index is 6.16. The van der Waals surface area contributed by atoms with Gasteiger partial charge in [-0.05, 0) is 58.1 Å². The fourth-order valence-corrected chi connectivity index (χ4v) is 3.95. The second-order valence-electron chi connectivity index (χ2n) is 7.27. The highest BCUT2D eigenvalue weighted by Crippen LogP contribution is 2.63. The van der Waals surface area contributed by atoms with Crippen LogP contribution in [0.2, 0.25) is 0 Å². The Hall–Kier alpha value is -1.02. The molecule has 1 N–H and O–H groups in total. The van der Waals surface area contributed by atoms with Crippen LogP contribution in [0.1, 0.15) is 45.1 Å². The first-order valence-electron chi connectivity index (χ1n) is 7.61. The zero-order valence-corrected chi connectivity index (χ0v) is 11.9. The fourth-order valence-electron chi connectivity index (χ4n) is 3.95. The summed E-state index contributed by atoms with van der Waals surface area (Å²) in [4.78, 5) is 0. The van der Waals surface area contributed by atoms with E-state index in [-0.39, 0.29) is 5.60 Å². The molecule has 0 bridgehead atoms. The number of rotatable bonds is 3. The van der Waals surface area contributed by atoms with Crippen LogP contribution in [-0.2, 0) is 5.41 Å². The van der Waals surface area contributed by atoms with Crippen molar-refractivity contribution in [3.8, 4) is 5.75 Å². The number of ether oxygens (including phenoxy) is 1. The second kappa shape index (κ2) is 3.76. The molecule has 102 valence electrons. The molecule has 2 heteroatoms. The zero-order chi connectivity index (χ0) is 13.1. The lowest BCUT2D eigenvalue weighted by molar-refractivity contribution is 0.0638. The van der Waals surface area contributed by atoms with Crippen LogP contribution in [0.5, 0.6) is 5.75 Å². The number of benzene rings is 1. The minimum atomic E-state index is -0.0251. The largest absolute Gasteiger partial charge is 0.488 e. The van der Waals surface area contributed by atoms with E-state index in [1.165, 1.54) is 31.4 Å². The Morgan fingerprint density at radius 3 is 2.84 bits per heavy atom. The molecule has 19 heavy (non-hydrogen) atoms. The topological polar surface area (TPSA) is 21.3 Å². The molecule has 1 heterocycles. The zero-order valence-electron chi connectivity index (χ0n) is 11.9. The molecule has 0 aromatic heterocycles. The Labute approximate surface area is 115 Å². The minimum absolute atomic E-state index is 0.0251. The molecule has 3 aliphatic rings. The number of para-hydroxylation sites is 1. The molecule has 4 rings (SSSR count).